The van der Waals surface area contributed by atoms with Crippen molar-refractivity contribution in [2.45, 2.75) is 11.7 Å². The van der Waals surface area contributed by atoms with Gasteiger partial charge in [0.2, 0.25) is 0 Å². The van der Waals surface area contributed by atoms with Gasteiger partial charge in [-0.05, 0) is 0 Å². The summed E-state index contributed by atoms with van der Waals surface area (Å²) < 4.78 is 17.4. The summed E-state index contributed by atoms with van der Waals surface area (Å²) in [6.45, 7) is -0.416. The Bertz CT molecular complexity index is 157. The van der Waals surface area contributed by atoms with Gasteiger partial charge in [0.25, 0.3) is 0 Å². The molecule has 0 aromatic carbocycles. The van der Waals surface area contributed by atoms with Crippen molar-refractivity contribution in [3.05, 3.63) is 0 Å². The molecule has 0 radical (unpaired) electrons. The van der Waals surface area contributed by atoms with Gasteiger partial charge in [-0.2, -0.15) is 0 Å². The summed E-state index contributed by atoms with van der Waals surface area (Å²) in [5.41, 5.74) is 3.16. The largest absolute Gasteiger partial charge is 0.480 e. The van der Waals surface area contributed by atoms with Crippen LogP contribution in [0.15, 0.2) is 0 Å². The van der Waals surface area contributed by atoms with Crippen LogP contribution in [0.4, 0.5) is 4.39 Å². The second kappa shape index (κ2) is 2.17. The molecular formula is C5H8FNO3. The zero-order valence-corrected chi connectivity index (χ0v) is 5.21. The summed E-state index contributed by atoms with van der Waals surface area (Å²) in [6, 6.07) is -1.46. The average Bonchev–Trinajstić information content (AvgIpc) is 1.81. The monoisotopic (exact) mass is 149 g/mol. The van der Waals surface area contributed by atoms with E-state index in [9.17, 15) is 9.18 Å². The minimum atomic E-state index is -1.84. The van der Waals surface area contributed by atoms with Crippen LogP contribution in [0.2, 0.25) is 0 Å². The predicted molar refractivity (Wildman–Crippen MR) is 30.3 cm³/mol. The van der Waals surface area contributed by atoms with E-state index < -0.39 is 17.7 Å². The van der Waals surface area contributed by atoms with E-state index in [1.54, 1.807) is 0 Å². The number of carboxylic acid groups (broad SMARTS) is 1. The van der Waals surface area contributed by atoms with E-state index in [1.165, 1.54) is 0 Å². The van der Waals surface area contributed by atoms with Gasteiger partial charge < -0.3 is 15.6 Å². The summed E-state index contributed by atoms with van der Waals surface area (Å²) in [5, 5.41) is 8.26. The van der Waals surface area contributed by atoms with E-state index >= 15 is 0 Å². The third-order valence-electron chi connectivity index (χ3n) is 1.51. The predicted octanol–water partition coefficient (Wildman–Crippen LogP) is -0.863. The van der Waals surface area contributed by atoms with Gasteiger partial charge in [-0.1, -0.05) is 0 Å². The second-order valence-corrected chi connectivity index (χ2v) is 2.34. The normalized spacial score (nSPS) is 25.0. The van der Waals surface area contributed by atoms with E-state index in [2.05, 4.69) is 4.74 Å². The lowest BCUT2D eigenvalue weighted by Crippen LogP contribution is -2.61. The molecule has 1 unspecified atom stereocenters. The summed E-state index contributed by atoms with van der Waals surface area (Å²) in [4.78, 5) is 10.1. The van der Waals surface area contributed by atoms with E-state index in [4.69, 9.17) is 10.8 Å². The smallest absolute Gasteiger partial charge is 0.324 e. The minimum absolute atomic E-state index is 0.208. The van der Waals surface area contributed by atoms with Crippen LogP contribution in [0.3, 0.4) is 0 Å². The van der Waals surface area contributed by atoms with Crippen molar-refractivity contribution in [2.24, 2.45) is 5.73 Å². The number of hydrogen-bond acceptors (Lipinski definition) is 3. The fourth-order valence-corrected chi connectivity index (χ4v) is 0.698. The fourth-order valence-electron chi connectivity index (χ4n) is 0.698. The Morgan fingerprint density at radius 1 is 1.80 bits per heavy atom. The van der Waals surface area contributed by atoms with E-state index in [0.717, 1.165) is 0 Å². The highest BCUT2D eigenvalue weighted by Crippen LogP contribution is 2.24. The molecule has 0 saturated carbocycles. The lowest BCUT2D eigenvalue weighted by Gasteiger charge is -2.36. The van der Waals surface area contributed by atoms with Crippen LogP contribution in [0.25, 0.3) is 0 Å². The van der Waals surface area contributed by atoms with Crippen LogP contribution in [0.1, 0.15) is 0 Å². The minimum Gasteiger partial charge on any atom is -0.480 e. The van der Waals surface area contributed by atoms with Crippen molar-refractivity contribution in [2.75, 3.05) is 13.2 Å². The summed E-state index contributed by atoms with van der Waals surface area (Å²) in [7, 11) is 0. The second-order valence-electron chi connectivity index (χ2n) is 2.34. The van der Waals surface area contributed by atoms with Crippen molar-refractivity contribution < 1.29 is 19.0 Å². The molecule has 1 saturated heterocycles. The molecule has 1 heterocycles. The Kier molecular flexibility index (Phi) is 1.61. The van der Waals surface area contributed by atoms with Crippen molar-refractivity contribution in [3.8, 4) is 0 Å². The van der Waals surface area contributed by atoms with Gasteiger partial charge in [0.15, 0.2) is 5.67 Å². The van der Waals surface area contributed by atoms with Gasteiger partial charge in [0.1, 0.15) is 6.04 Å². The molecule has 0 spiro atoms. The molecule has 0 aromatic heterocycles. The quantitative estimate of drug-likeness (QED) is 0.535. The molecule has 4 nitrogen and oxygen atoms in total. The first kappa shape index (κ1) is 7.43. The molecule has 5 heteroatoms. The molecule has 1 rings (SSSR count). The highest BCUT2D eigenvalue weighted by atomic mass is 19.1. The highest BCUT2D eigenvalue weighted by Gasteiger charge is 2.48. The van der Waals surface area contributed by atoms with E-state index in [1.807, 2.05) is 0 Å². The topological polar surface area (TPSA) is 72.6 Å². The van der Waals surface area contributed by atoms with Gasteiger partial charge >= 0.3 is 5.97 Å². The third kappa shape index (κ3) is 0.975. The Labute approximate surface area is 56.8 Å². The number of carbonyl (C=O) groups is 1. The standard InChI is InChI=1S/C5H8FNO3/c6-5(1-10-2-5)3(7)4(8)9/h3H,1-2,7H2,(H,8,9). The fraction of sp³-hybridized carbons (Fsp3) is 0.800. The number of alkyl halides is 1. The first-order valence-corrected chi connectivity index (χ1v) is 2.81. The van der Waals surface area contributed by atoms with Crippen molar-refractivity contribution in [1.29, 1.82) is 0 Å². The molecular weight excluding hydrogens is 141 g/mol. The average molecular weight is 149 g/mol. The lowest BCUT2D eigenvalue weighted by molar-refractivity contribution is -0.167. The maximum absolute atomic E-state index is 12.9. The number of aliphatic carboxylic acids is 1. The van der Waals surface area contributed by atoms with Crippen LogP contribution in [-0.2, 0) is 9.53 Å². The first-order chi connectivity index (χ1) is 4.56. The number of hydrogen-bond donors (Lipinski definition) is 2. The van der Waals surface area contributed by atoms with Crippen LogP contribution >= 0.6 is 0 Å². The summed E-state index contributed by atoms with van der Waals surface area (Å²) in [5.74, 6) is -1.33. The number of nitrogens with two attached hydrogens (primary N) is 1. The Morgan fingerprint density at radius 3 is 2.40 bits per heavy atom. The summed E-state index contributed by atoms with van der Waals surface area (Å²) >= 11 is 0. The van der Waals surface area contributed by atoms with Crippen LogP contribution in [0.5, 0.6) is 0 Å². The zero-order valence-electron chi connectivity index (χ0n) is 5.21. The van der Waals surface area contributed by atoms with Crippen molar-refractivity contribution in [3.63, 3.8) is 0 Å². The summed E-state index contributed by atoms with van der Waals surface area (Å²) in [6.07, 6.45) is 0. The maximum atomic E-state index is 12.9. The molecule has 0 aliphatic carbocycles. The number of ether oxygens (including phenoxy) is 1. The number of rotatable bonds is 2. The molecule has 0 aromatic rings. The van der Waals surface area contributed by atoms with Crippen LogP contribution < -0.4 is 5.73 Å². The first-order valence-electron chi connectivity index (χ1n) is 2.81. The van der Waals surface area contributed by atoms with Gasteiger partial charge in [-0.3, -0.25) is 4.79 Å². The highest BCUT2D eigenvalue weighted by molar-refractivity contribution is 5.75. The van der Waals surface area contributed by atoms with Gasteiger partial charge in [-0.25, -0.2) is 4.39 Å². The molecule has 58 valence electrons. The zero-order chi connectivity index (χ0) is 7.78. The molecule has 1 aliphatic rings. The molecule has 3 N–H and O–H groups in total. The third-order valence-corrected chi connectivity index (χ3v) is 1.51. The van der Waals surface area contributed by atoms with E-state index in [0.29, 0.717) is 0 Å². The Balaban J connectivity index is 2.54. The molecule has 1 atom stereocenters. The SMILES string of the molecule is NC(C(=O)O)C1(F)COC1. The molecule has 0 bridgehead atoms. The van der Waals surface area contributed by atoms with Crippen LogP contribution in [0, 0.1) is 0 Å². The molecule has 0 amide bonds. The van der Waals surface area contributed by atoms with Gasteiger partial charge in [0, 0.05) is 0 Å². The van der Waals surface area contributed by atoms with Gasteiger partial charge in [0.05, 0.1) is 13.2 Å². The molecule has 1 aliphatic heterocycles. The van der Waals surface area contributed by atoms with Gasteiger partial charge in [-0.15, -0.1) is 0 Å². The van der Waals surface area contributed by atoms with E-state index in [-0.39, 0.29) is 13.2 Å². The molecule has 10 heavy (non-hydrogen) atoms. The number of carboxylic acids is 1. The Hall–Kier alpha value is -0.680. The number of halogens is 1. The van der Waals surface area contributed by atoms with Crippen molar-refractivity contribution >= 4 is 5.97 Å². The van der Waals surface area contributed by atoms with Crippen molar-refractivity contribution in [1.82, 2.24) is 0 Å². The lowest BCUT2D eigenvalue weighted by atomic mass is 9.95. The molecule has 1 fully saturated rings. The maximum Gasteiger partial charge on any atom is 0.324 e. The Morgan fingerprint density at radius 2 is 2.30 bits per heavy atom. The van der Waals surface area contributed by atoms with Crippen LogP contribution in [-0.4, -0.2) is 36.0 Å².